The van der Waals surface area contributed by atoms with Crippen LogP contribution in [-0.2, 0) is 20.2 Å². The van der Waals surface area contributed by atoms with E-state index in [-0.39, 0.29) is 33.4 Å². The maximum Gasteiger partial charge on any atom is 0.328 e. The predicted molar refractivity (Wildman–Crippen MR) is 200 cm³/mol. The number of fused-ring (bicyclic) bond motifs is 2. The Labute approximate surface area is 307 Å². The molecule has 15 nitrogen and oxygen atoms in total. The first-order valence-corrected chi connectivity index (χ1v) is 18.7. The van der Waals surface area contributed by atoms with Gasteiger partial charge < -0.3 is 20.8 Å². The Hall–Kier alpha value is -6.53. The predicted octanol–water partition coefficient (Wildman–Crippen LogP) is 6.28. The van der Waals surface area contributed by atoms with Crippen LogP contribution in [-0.4, -0.2) is 54.0 Å². The molecule has 0 bridgehead atoms. The lowest BCUT2D eigenvalue weighted by molar-refractivity contribution is 0.0944. The first-order valence-electron chi connectivity index (χ1n) is 15.8. The van der Waals surface area contributed by atoms with Crippen molar-refractivity contribution in [2.24, 2.45) is 0 Å². The van der Waals surface area contributed by atoms with Crippen LogP contribution in [0.3, 0.4) is 0 Å². The average Bonchev–Trinajstić information content (AvgIpc) is 3.11. The number of hydrogen-bond donors (Lipinski definition) is 8. The molecule has 0 saturated heterocycles. The summed E-state index contributed by atoms with van der Waals surface area (Å²) >= 11 is 0. The number of urea groups is 1. The SMILES string of the molecule is Cc1ccc(C(=O)NC(=O)NC(=O)c2ccc(C)c(Nc3ccc(O)c4cc(S(=O)(=O)O)ccc34)c2)cc1Nc1ccc(O)c2cc(S(=O)(=O)O)ccc12. The molecule has 0 fully saturated rings. The fraction of sp³-hybridized carbons (Fsp3) is 0.0541. The van der Waals surface area contributed by atoms with Gasteiger partial charge >= 0.3 is 6.03 Å². The molecule has 0 aliphatic rings. The van der Waals surface area contributed by atoms with Crippen LogP contribution < -0.4 is 21.3 Å². The molecule has 0 aromatic heterocycles. The zero-order valence-electron chi connectivity index (χ0n) is 28.2. The van der Waals surface area contributed by atoms with E-state index < -0.39 is 47.9 Å². The molecule has 0 radical (unpaired) electrons. The van der Waals surface area contributed by atoms with Crippen LogP contribution in [0, 0.1) is 13.8 Å². The molecule has 6 aromatic rings. The molecule has 0 spiro atoms. The van der Waals surface area contributed by atoms with E-state index >= 15 is 0 Å². The fourth-order valence-electron chi connectivity index (χ4n) is 5.63. The highest BCUT2D eigenvalue weighted by Gasteiger charge is 2.19. The fourth-order valence-corrected chi connectivity index (χ4v) is 6.64. The van der Waals surface area contributed by atoms with Crippen molar-refractivity contribution in [2.45, 2.75) is 23.6 Å². The zero-order chi connectivity index (χ0) is 39.1. The summed E-state index contributed by atoms with van der Waals surface area (Å²) in [5.41, 5.74) is 3.22. The van der Waals surface area contributed by atoms with E-state index in [1.165, 1.54) is 72.8 Å². The van der Waals surface area contributed by atoms with Crippen molar-refractivity contribution in [1.82, 2.24) is 10.6 Å². The molecule has 0 saturated carbocycles. The number of phenols is 2. The van der Waals surface area contributed by atoms with Gasteiger partial charge in [-0.05, 0) is 97.8 Å². The number of carbonyl (C=O) groups is 3. The number of hydrogen-bond acceptors (Lipinski definition) is 11. The lowest BCUT2D eigenvalue weighted by atomic mass is 10.1. The highest BCUT2D eigenvalue weighted by atomic mass is 32.2. The summed E-state index contributed by atoms with van der Waals surface area (Å²) in [5, 5.41) is 32.3. The van der Waals surface area contributed by atoms with Crippen LogP contribution >= 0.6 is 0 Å². The molecule has 4 amide bonds. The average molecular weight is 771 g/mol. The van der Waals surface area contributed by atoms with Crippen molar-refractivity contribution in [1.29, 1.82) is 0 Å². The van der Waals surface area contributed by atoms with Gasteiger partial charge in [0.2, 0.25) is 0 Å². The van der Waals surface area contributed by atoms with Crippen LogP contribution in [0.25, 0.3) is 21.5 Å². The second kappa shape index (κ2) is 14.1. The minimum Gasteiger partial charge on any atom is -0.507 e. The summed E-state index contributed by atoms with van der Waals surface area (Å²) in [5.74, 6) is -2.12. The molecular weight excluding hydrogens is 741 g/mol. The number of benzene rings is 6. The van der Waals surface area contributed by atoms with Gasteiger partial charge in [-0.25, -0.2) is 4.79 Å². The van der Waals surface area contributed by atoms with Crippen LogP contribution in [0.5, 0.6) is 11.5 Å². The highest BCUT2D eigenvalue weighted by molar-refractivity contribution is 7.86. The lowest BCUT2D eigenvalue weighted by Gasteiger charge is -2.15. The largest absolute Gasteiger partial charge is 0.507 e. The number of anilines is 4. The van der Waals surface area contributed by atoms with Gasteiger partial charge in [-0.2, -0.15) is 16.8 Å². The van der Waals surface area contributed by atoms with Gasteiger partial charge in [-0.15, -0.1) is 0 Å². The van der Waals surface area contributed by atoms with E-state index in [2.05, 4.69) is 21.3 Å². The number of aryl methyl sites for hydroxylation is 2. The Morgan fingerprint density at radius 1 is 0.481 bits per heavy atom. The molecule has 6 aromatic carbocycles. The van der Waals surface area contributed by atoms with Crippen LogP contribution in [0.4, 0.5) is 27.5 Å². The molecule has 17 heteroatoms. The Bertz CT molecular complexity index is 2600. The molecule has 0 heterocycles. The monoisotopic (exact) mass is 770 g/mol. The number of carbonyl (C=O) groups excluding carboxylic acids is 3. The number of imide groups is 2. The third-order valence-corrected chi connectivity index (χ3v) is 10.2. The minimum absolute atomic E-state index is 0.0501. The van der Waals surface area contributed by atoms with Gasteiger partial charge in [-0.1, -0.05) is 24.3 Å². The molecule has 8 N–H and O–H groups in total. The third kappa shape index (κ3) is 7.79. The third-order valence-electron chi connectivity index (χ3n) is 8.52. The summed E-state index contributed by atoms with van der Waals surface area (Å²) in [6, 6.07) is 21.1. The summed E-state index contributed by atoms with van der Waals surface area (Å²) in [6.45, 7) is 3.51. The van der Waals surface area contributed by atoms with Gasteiger partial charge in [-0.3, -0.25) is 29.3 Å². The summed E-state index contributed by atoms with van der Waals surface area (Å²) in [6.07, 6.45) is 0. The number of amides is 4. The molecule has 0 atom stereocenters. The molecule has 54 heavy (non-hydrogen) atoms. The molecular formula is C37H30N4O11S2. The van der Waals surface area contributed by atoms with Gasteiger partial charge in [0.05, 0.1) is 9.79 Å². The maximum absolute atomic E-state index is 13.1. The number of phenolic OH excluding ortho intramolecular Hbond substituents is 2. The molecule has 0 aliphatic carbocycles. The highest BCUT2D eigenvalue weighted by Crippen LogP contribution is 2.36. The van der Waals surface area contributed by atoms with Gasteiger partial charge in [0.25, 0.3) is 32.1 Å². The van der Waals surface area contributed by atoms with Gasteiger partial charge in [0, 0.05) is 55.4 Å². The second-order valence-corrected chi connectivity index (χ2v) is 15.0. The standard InChI is InChI=1S/C37H30N4O11S2/c1-19-3-5-21(15-31(19)38-29-11-13-33(42)27-17-23(53(47,48)49)7-9-25(27)29)35(44)40-37(46)41-36(45)22-6-4-20(2)32(16-22)39-30-12-14-34(43)28-18-24(54(50,51)52)8-10-26(28)30/h3-18,38-39,42-43H,1-2H3,(H,47,48,49)(H,50,51,52)(H2,40,41,44,45,46). The number of aromatic hydroxyl groups is 2. The minimum atomic E-state index is -4.53. The quantitative estimate of drug-likeness (QED) is 0.0628. The maximum atomic E-state index is 13.1. The molecule has 276 valence electrons. The van der Waals surface area contributed by atoms with Crippen LogP contribution in [0.15, 0.2) is 107 Å². The molecule has 0 unspecified atom stereocenters. The Balaban J connectivity index is 1.16. The first kappa shape index (κ1) is 37.2. The van der Waals surface area contributed by atoms with Gasteiger partial charge in [0.15, 0.2) is 0 Å². The lowest BCUT2D eigenvalue weighted by Crippen LogP contribution is -2.42. The van der Waals surface area contributed by atoms with E-state index in [1.807, 2.05) is 0 Å². The molecule has 0 aliphatic heterocycles. The van der Waals surface area contributed by atoms with Crippen molar-refractivity contribution in [3.05, 3.63) is 119 Å². The first-order chi connectivity index (χ1) is 25.4. The van der Waals surface area contributed by atoms with Crippen molar-refractivity contribution >= 4 is 82.4 Å². The van der Waals surface area contributed by atoms with Crippen molar-refractivity contribution < 1.29 is 50.5 Å². The number of nitrogens with one attached hydrogen (secondary N) is 4. The van der Waals surface area contributed by atoms with Gasteiger partial charge in [0.1, 0.15) is 11.5 Å². The summed E-state index contributed by atoms with van der Waals surface area (Å²) in [4.78, 5) is 38.1. The Morgan fingerprint density at radius 2 is 0.870 bits per heavy atom. The summed E-state index contributed by atoms with van der Waals surface area (Å²) in [7, 11) is -9.05. The summed E-state index contributed by atoms with van der Waals surface area (Å²) < 4.78 is 65.3. The molecule has 6 rings (SSSR count). The zero-order valence-corrected chi connectivity index (χ0v) is 29.8. The normalized spacial score (nSPS) is 11.6. The smallest absolute Gasteiger partial charge is 0.328 e. The van der Waals surface area contributed by atoms with Crippen LogP contribution in [0.1, 0.15) is 31.8 Å². The van der Waals surface area contributed by atoms with Crippen LogP contribution in [0.2, 0.25) is 0 Å². The Morgan fingerprint density at radius 3 is 1.24 bits per heavy atom. The van der Waals surface area contributed by atoms with E-state index in [0.29, 0.717) is 44.6 Å². The van der Waals surface area contributed by atoms with Crippen molar-refractivity contribution in [3.8, 4) is 11.5 Å². The second-order valence-electron chi connectivity index (χ2n) is 12.2. The van der Waals surface area contributed by atoms with E-state index in [1.54, 1.807) is 26.0 Å². The topological polar surface area (TPSA) is 249 Å². The number of rotatable bonds is 8. The Kier molecular flexibility index (Phi) is 9.74. The van der Waals surface area contributed by atoms with Crippen molar-refractivity contribution in [2.75, 3.05) is 10.6 Å². The van der Waals surface area contributed by atoms with Crippen molar-refractivity contribution in [3.63, 3.8) is 0 Å². The van der Waals surface area contributed by atoms with E-state index in [4.69, 9.17) is 0 Å². The van der Waals surface area contributed by atoms with E-state index in [0.717, 1.165) is 12.1 Å². The van der Waals surface area contributed by atoms with E-state index in [9.17, 15) is 50.5 Å².